The predicted molar refractivity (Wildman–Crippen MR) is 50.6 cm³/mol. The minimum Gasteiger partial charge on any atom is -0.475 e. The highest BCUT2D eigenvalue weighted by atomic mass is 19.4. The molecule has 0 heterocycles. The van der Waals surface area contributed by atoms with Crippen LogP contribution in [-0.4, -0.2) is 53.5 Å². The van der Waals surface area contributed by atoms with Crippen molar-refractivity contribution in [1.82, 2.24) is 6.15 Å². The SMILES string of the molecule is N.O=C(O)C(F)(F)OC(F)(F)C(F)(F)OC(F)(F)C(F)(F)C(F)(F)C(F)(F)F. The molecule has 0 aliphatic rings. The van der Waals surface area contributed by atoms with E-state index >= 15 is 0 Å². The Morgan fingerprint density at radius 3 is 1.18 bits per heavy atom. The first-order valence-electron chi connectivity index (χ1n) is 5.33. The molecule has 0 saturated carbocycles. The Hall–Kier alpha value is -1.70. The Labute approximate surface area is 141 Å². The van der Waals surface area contributed by atoms with Crippen molar-refractivity contribution in [1.29, 1.82) is 0 Å². The van der Waals surface area contributed by atoms with Gasteiger partial charge in [0.2, 0.25) is 0 Å². The quantitative estimate of drug-likeness (QED) is 0.519. The highest BCUT2D eigenvalue weighted by Crippen LogP contribution is 2.55. The van der Waals surface area contributed by atoms with E-state index in [1.54, 1.807) is 4.74 Å². The van der Waals surface area contributed by atoms with Crippen LogP contribution in [0.1, 0.15) is 0 Å². The fourth-order valence-electron chi connectivity index (χ4n) is 0.909. The first-order chi connectivity index (χ1) is 11.4. The first-order valence-corrected chi connectivity index (χ1v) is 5.33. The summed E-state index contributed by atoms with van der Waals surface area (Å²) in [4.78, 5) is 9.73. The van der Waals surface area contributed by atoms with E-state index in [0.29, 0.717) is 0 Å². The zero-order chi connectivity index (χ0) is 22.5. The second kappa shape index (κ2) is 7.28. The van der Waals surface area contributed by atoms with Crippen molar-refractivity contribution in [2.75, 3.05) is 0 Å². The van der Waals surface area contributed by atoms with Crippen molar-refractivity contribution in [2.24, 2.45) is 0 Å². The minimum atomic E-state index is -7.97. The molecule has 0 aliphatic carbocycles. The van der Waals surface area contributed by atoms with Crippen molar-refractivity contribution < 1.29 is 85.2 Å². The average molecular weight is 463 g/mol. The number of hydrogen-bond acceptors (Lipinski definition) is 4. The van der Waals surface area contributed by atoms with E-state index in [1.165, 1.54) is 4.74 Å². The highest BCUT2D eigenvalue weighted by Gasteiger charge is 2.85. The second-order valence-corrected chi connectivity index (χ2v) is 4.22. The summed E-state index contributed by atoms with van der Waals surface area (Å²) in [5, 5.41) is 7.64. The monoisotopic (exact) mass is 463 g/mol. The van der Waals surface area contributed by atoms with Crippen LogP contribution in [0.15, 0.2) is 0 Å². The van der Waals surface area contributed by atoms with Crippen LogP contribution in [0.4, 0.5) is 65.9 Å². The van der Waals surface area contributed by atoms with Crippen molar-refractivity contribution in [3.8, 4) is 0 Å². The van der Waals surface area contributed by atoms with Crippen LogP contribution in [0.25, 0.3) is 0 Å². The summed E-state index contributed by atoms with van der Waals surface area (Å²) in [5.41, 5.74) is 0. The van der Waals surface area contributed by atoms with Crippen LogP contribution < -0.4 is 6.15 Å². The molecule has 0 spiro atoms. The van der Waals surface area contributed by atoms with Gasteiger partial charge in [-0.3, -0.25) is 0 Å². The van der Waals surface area contributed by atoms with Crippen molar-refractivity contribution >= 4 is 5.97 Å². The lowest BCUT2D eigenvalue weighted by molar-refractivity contribution is -0.539. The van der Waals surface area contributed by atoms with Gasteiger partial charge in [-0.25, -0.2) is 14.3 Å². The molecule has 0 atom stereocenters. The van der Waals surface area contributed by atoms with Gasteiger partial charge < -0.3 is 11.3 Å². The Bertz CT molecular complexity index is 571. The summed E-state index contributed by atoms with van der Waals surface area (Å²) in [6.07, 6.45) is -36.3. The van der Waals surface area contributed by atoms with Crippen LogP contribution in [0, 0.1) is 0 Å². The lowest BCUT2D eigenvalue weighted by atomic mass is 10.1. The molecule has 170 valence electrons. The molecule has 4 N–H and O–H groups in total. The molecule has 0 aromatic heterocycles. The summed E-state index contributed by atoms with van der Waals surface area (Å²) in [6, 6.07) is 0. The molecule has 0 fully saturated rings. The topological polar surface area (TPSA) is 90.8 Å². The number of halogens is 15. The van der Waals surface area contributed by atoms with Gasteiger partial charge in [0.25, 0.3) is 0 Å². The third kappa shape index (κ3) is 4.82. The molecule has 28 heavy (non-hydrogen) atoms. The number of alkyl halides is 15. The molecule has 0 unspecified atom stereocenters. The molecule has 20 heteroatoms. The van der Waals surface area contributed by atoms with Gasteiger partial charge >= 0.3 is 48.4 Å². The van der Waals surface area contributed by atoms with Crippen LogP contribution >= 0.6 is 0 Å². The Morgan fingerprint density at radius 2 is 0.893 bits per heavy atom. The third-order valence-corrected chi connectivity index (χ3v) is 2.22. The van der Waals surface area contributed by atoms with Gasteiger partial charge in [0.15, 0.2) is 0 Å². The normalized spacial score (nSPS) is 15.2. The summed E-state index contributed by atoms with van der Waals surface area (Å²) in [6.45, 7) is 0. The predicted octanol–water partition coefficient (Wildman–Crippen LogP) is 4.47. The Balaban J connectivity index is 0. The summed E-state index contributed by atoms with van der Waals surface area (Å²) in [5.74, 6) is -19.5. The molecular formula is C8H4F15NO4. The standard InChI is InChI=1S/C8HF15O4.H3N/c9-2(10,1(24)25)26-7(20,21)8(22,23)27-6(18,19)4(13,14)3(11,12)5(15,16)17;/h(H,24,25);1H3. The molecule has 0 amide bonds. The number of rotatable bonds is 8. The molecule has 5 nitrogen and oxygen atoms in total. The van der Waals surface area contributed by atoms with E-state index in [9.17, 15) is 70.7 Å². The lowest BCUT2D eigenvalue weighted by Crippen LogP contribution is -2.64. The highest BCUT2D eigenvalue weighted by molar-refractivity contribution is 5.73. The maximum Gasteiger partial charge on any atom is 0.460 e. The number of aliphatic carboxylic acids is 1. The van der Waals surface area contributed by atoms with E-state index in [4.69, 9.17) is 5.11 Å². The number of carbonyl (C=O) groups is 1. The zero-order valence-electron chi connectivity index (χ0n) is 12.0. The van der Waals surface area contributed by atoms with Gasteiger partial charge in [0, 0.05) is 0 Å². The van der Waals surface area contributed by atoms with Gasteiger partial charge in [-0.15, -0.1) is 0 Å². The number of ether oxygens (including phenoxy) is 2. The van der Waals surface area contributed by atoms with Gasteiger partial charge in [-0.05, 0) is 0 Å². The fraction of sp³-hybridized carbons (Fsp3) is 0.875. The minimum absolute atomic E-state index is 0. The van der Waals surface area contributed by atoms with E-state index in [-0.39, 0.29) is 6.15 Å². The van der Waals surface area contributed by atoms with Crippen LogP contribution in [0.3, 0.4) is 0 Å². The van der Waals surface area contributed by atoms with Crippen LogP contribution in [-0.2, 0) is 14.3 Å². The smallest absolute Gasteiger partial charge is 0.460 e. The molecule has 0 bridgehead atoms. The summed E-state index contributed by atoms with van der Waals surface area (Å²) >= 11 is 0. The van der Waals surface area contributed by atoms with Gasteiger partial charge in [-0.2, -0.15) is 65.9 Å². The van der Waals surface area contributed by atoms with Crippen molar-refractivity contribution in [3.63, 3.8) is 0 Å². The molecule has 0 aromatic rings. The maximum atomic E-state index is 12.7. The van der Waals surface area contributed by atoms with Crippen LogP contribution in [0.5, 0.6) is 0 Å². The molecular weight excluding hydrogens is 459 g/mol. The van der Waals surface area contributed by atoms with E-state index in [1.807, 2.05) is 0 Å². The second-order valence-electron chi connectivity index (χ2n) is 4.22. The average Bonchev–Trinajstić information content (AvgIpc) is 2.33. The van der Waals surface area contributed by atoms with E-state index in [0.717, 1.165) is 0 Å². The molecule has 0 aliphatic heterocycles. The molecule has 0 radical (unpaired) electrons. The van der Waals surface area contributed by atoms with Gasteiger partial charge in [-0.1, -0.05) is 0 Å². The number of carboxylic acids is 1. The Kier molecular flexibility index (Phi) is 7.41. The molecule has 0 aromatic carbocycles. The number of carboxylic acid groups (broad SMARTS) is 1. The first kappa shape index (κ1) is 28.5. The summed E-state index contributed by atoms with van der Waals surface area (Å²) < 4.78 is 189. The zero-order valence-corrected chi connectivity index (χ0v) is 12.0. The molecule has 0 rings (SSSR count). The Morgan fingerprint density at radius 1 is 0.571 bits per heavy atom. The van der Waals surface area contributed by atoms with Crippen molar-refractivity contribution in [2.45, 2.75) is 42.5 Å². The van der Waals surface area contributed by atoms with E-state index in [2.05, 4.69) is 0 Å². The maximum absolute atomic E-state index is 12.7. The summed E-state index contributed by atoms with van der Waals surface area (Å²) in [7, 11) is 0. The van der Waals surface area contributed by atoms with Crippen molar-refractivity contribution in [3.05, 3.63) is 0 Å². The molecule has 0 saturated heterocycles. The van der Waals surface area contributed by atoms with Crippen LogP contribution in [0.2, 0.25) is 0 Å². The number of hydrogen-bond donors (Lipinski definition) is 2. The lowest BCUT2D eigenvalue weighted by Gasteiger charge is -2.36. The third-order valence-electron chi connectivity index (χ3n) is 2.22. The fourth-order valence-corrected chi connectivity index (χ4v) is 0.909. The van der Waals surface area contributed by atoms with Gasteiger partial charge in [0.05, 0.1) is 0 Å². The van der Waals surface area contributed by atoms with E-state index < -0.39 is 48.4 Å². The largest absolute Gasteiger partial charge is 0.475 e. The van der Waals surface area contributed by atoms with Gasteiger partial charge in [0.1, 0.15) is 0 Å².